The fourth-order valence-electron chi connectivity index (χ4n) is 3.10. The van der Waals surface area contributed by atoms with Gasteiger partial charge in [-0.15, -0.1) is 0 Å². The van der Waals surface area contributed by atoms with Crippen molar-refractivity contribution in [2.45, 2.75) is 52.2 Å². The maximum Gasteiger partial charge on any atom is 0.250 e. The summed E-state index contributed by atoms with van der Waals surface area (Å²) in [6.45, 7) is 10.7. The van der Waals surface area contributed by atoms with Crippen LogP contribution >= 0.6 is 0 Å². The summed E-state index contributed by atoms with van der Waals surface area (Å²) in [6.07, 6.45) is 4.32. The fraction of sp³-hybridized carbons (Fsp3) is 0.706. The zero-order valence-electron chi connectivity index (χ0n) is 13.6. The monoisotopic (exact) mass is 291 g/mol. The molecule has 1 aromatic heterocycles. The van der Waals surface area contributed by atoms with Crippen LogP contribution < -0.4 is 10.9 Å². The smallest absolute Gasteiger partial charge is 0.250 e. The Hall–Kier alpha value is -1.13. The number of hydrogen-bond donors (Lipinski definition) is 1. The molecule has 0 saturated carbocycles. The molecule has 2 rings (SSSR count). The van der Waals surface area contributed by atoms with Crippen molar-refractivity contribution in [3.8, 4) is 0 Å². The Bertz CT molecular complexity index is 483. The summed E-state index contributed by atoms with van der Waals surface area (Å²) in [7, 11) is 0. The molecule has 2 heterocycles. The van der Waals surface area contributed by atoms with Gasteiger partial charge in [0.1, 0.15) is 0 Å². The molecule has 0 spiro atoms. The second kappa shape index (κ2) is 7.76. The van der Waals surface area contributed by atoms with E-state index in [9.17, 15) is 4.79 Å². The van der Waals surface area contributed by atoms with Gasteiger partial charge in [0, 0.05) is 50.5 Å². The average Bonchev–Trinajstić information content (AvgIpc) is 2.47. The highest BCUT2D eigenvalue weighted by Gasteiger charge is 2.28. The molecule has 1 N–H and O–H groups in total. The number of rotatable bonds is 6. The van der Waals surface area contributed by atoms with Gasteiger partial charge >= 0.3 is 0 Å². The van der Waals surface area contributed by atoms with E-state index in [0.717, 1.165) is 26.2 Å². The van der Waals surface area contributed by atoms with Crippen molar-refractivity contribution >= 4 is 0 Å². The molecule has 1 aliphatic rings. The molecule has 1 aromatic rings. The SMILES string of the molecule is CCCC1CNC(C(C)C)CN1CCn1ccccc1=O. The first-order valence-electron chi connectivity index (χ1n) is 8.24. The standard InChI is InChI=1S/C17H29N3O/c1-4-7-15-12-18-16(14(2)3)13-20(15)11-10-19-9-6-5-8-17(19)21/h5-6,8-9,14-16,18H,4,7,10-13H2,1-3H3. The van der Waals surface area contributed by atoms with Crippen LogP contribution in [0.5, 0.6) is 0 Å². The number of nitrogens with one attached hydrogen (secondary N) is 1. The highest BCUT2D eigenvalue weighted by Crippen LogP contribution is 2.16. The molecule has 21 heavy (non-hydrogen) atoms. The van der Waals surface area contributed by atoms with Crippen molar-refractivity contribution in [3.05, 3.63) is 34.7 Å². The van der Waals surface area contributed by atoms with E-state index in [2.05, 4.69) is 31.0 Å². The Morgan fingerprint density at radius 2 is 2.14 bits per heavy atom. The molecule has 1 fully saturated rings. The quantitative estimate of drug-likeness (QED) is 0.870. The number of aromatic nitrogens is 1. The van der Waals surface area contributed by atoms with Gasteiger partial charge in [0.25, 0.3) is 5.56 Å². The van der Waals surface area contributed by atoms with Crippen molar-refractivity contribution in [2.75, 3.05) is 19.6 Å². The lowest BCUT2D eigenvalue weighted by molar-refractivity contribution is 0.103. The topological polar surface area (TPSA) is 37.3 Å². The maximum atomic E-state index is 11.8. The third kappa shape index (κ3) is 4.42. The number of piperazine rings is 1. The van der Waals surface area contributed by atoms with Gasteiger partial charge in [0.2, 0.25) is 0 Å². The van der Waals surface area contributed by atoms with Crippen LogP contribution in [-0.2, 0) is 6.54 Å². The van der Waals surface area contributed by atoms with Crippen LogP contribution in [0.1, 0.15) is 33.6 Å². The van der Waals surface area contributed by atoms with Crippen LogP contribution in [0.3, 0.4) is 0 Å². The van der Waals surface area contributed by atoms with Gasteiger partial charge in [0.15, 0.2) is 0 Å². The first kappa shape index (κ1) is 16.2. The van der Waals surface area contributed by atoms with Crippen molar-refractivity contribution in [1.82, 2.24) is 14.8 Å². The summed E-state index contributed by atoms with van der Waals surface area (Å²) >= 11 is 0. The number of nitrogens with zero attached hydrogens (tertiary/aromatic N) is 2. The van der Waals surface area contributed by atoms with E-state index in [1.807, 2.05) is 16.8 Å². The minimum atomic E-state index is 0.0973. The Morgan fingerprint density at radius 1 is 1.33 bits per heavy atom. The second-order valence-corrected chi connectivity index (χ2v) is 6.43. The van der Waals surface area contributed by atoms with Gasteiger partial charge in [-0.3, -0.25) is 9.69 Å². The molecule has 4 nitrogen and oxygen atoms in total. The predicted molar refractivity (Wildman–Crippen MR) is 87.6 cm³/mol. The highest BCUT2D eigenvalue weighted by molar-refractivity contribution is 4.94. The molecule has 4 heteroatoms. The summed E-state index contributed by atoms with van der Waals surface area (Å²) in [6, 6.07) is 6.53. The van der Waals surface area contributed by atoms with E-state index in [-0.39, 0.29) is 5.56 Å². The van der Waals surface area contributed by atoms with E-state index in [1.54, 1.807) is 12.1 Å². The molecular formula is C17H29N3O. The van der Waals surface area contributed by atoms with E-state index in [4.69, 9.17) is 0 Å². The van der Waals surface area contributed by atoms with Gasteiger partial charge < -0.3 is 9.88 Å². The Kier molecular flexibility index (Phi) is 6.00. The highest BCUT2D eigenvalue weighted by atomic mass is 16.1. The van der Waals surface area contributed by atoms with Crippen LogP contribution in [0.2, 0.25) is 0 Å². The van der Waals surface area contributed by atoms with Crippen LogP contribution in [0, 0.1) is 5.92 Å². The molecule has 118 valence electrons. The number of pyridine rings is 1. The molecule has 0 amide bonds. The van der Waals surface area contributed by atoms with Crippen molar-refractivity contribution in [3.63, 3.8) is 0 Å². The van der Waals surface area contributed by atoms with Crippen LogP contribution in [-0.4, -0.2) is 41.2 Å². The van der Waals surface area contributed by atoms with Gasteiger partial charge in [-0.2, -0.15) is 0 Å². The predicted octanol–water partition coefficient (Wildman–Crippen LogP) is 1.95. The molecule has 0 aromatic carbocycles. The van der Waals surface area contributed by atoms with Crippen molar-refractivity contribution in [2.24, 2.45) is 5.92 Å². The third-order valence-electron chi connectivity index (χ3n) is 4.52. The van der Waals surface area contributed by atoms with Gasteiger partial charge in [-0.1, -0.05) is 33.3 Å². The fourth-order valence-corrected chi connectivity index (χ4v) is 3.10. The summed E-state index contributed by atoms with van der Waals surface area (Å²) in [5, 5.41) is 3.68. The molecule has 2 atom stereocenters. The Labute approximate surface area is 128 Å². The largest absolute Gasteiger partial charge is 0.314 e. The molecule has 0 aliphatic carbocycles. The lowest BCUT2D eigenvalue weighted by Gasteiger charge is -2.42. The first-order valence-corrected chi connectivity index (χ1v) is 8.24. The average molecular weight is 291 g/mol. The zero-order chi connectivity index (χ0) is 15.2. The first-order chi connectivity index (χ1) is 10.1. The zero-order valence-corrected chi connectivity index (χ0v) is 13.6. The van der Waals surface area contributed by atoms with Crippen molar-refractivity contribution < 1.29 is 0 Å². The Balaban J connectivity index is 1.99. The van der Waals surface area contributed by atoms with Gasteiger partial charge in [-0.05, 0) is 18.4 Å². The van der Waals surface area contributed by atoms with E-state index < -0.39 is 0 Å². The van der Waals surface area contributed by atoms with Crippen LogP contribution in [0.4, 0.5) is 0 Å². The van der Waals surface area contributed by atoms with E-state index >= 15 is 0 Å². The molecule has 0 radical (unpaired) electrons. The molecule has 0 bridgehead atoms. The molecule has 1 aliphatic heterocycles. The lowest BCUT2D eigenvalue weighted by atomic mass is 9.97. The molecular weight excluding hydrogens is 262 g/mol. The lowest BCUT2D eigenvalue weighted by Crippen LogP contribution is -2.58. The van der Waals surface area contributed by atoms with E-state index in [1.165, 1.54) is 12.8 Å². The maximum absolute atomic E-state index is 11.8. The van der Waals surface area contributed by atoms with Gasteiger partial charge in [0.05, 0.1) is 0 Å². The minimum Gasteiger partial charge on any atom is -0.314 e. The summed E-state index contributed by atoms with van der Waals surface area (Å²) < 4.78 is 1.81. The molecule has 2 unspecified atom stereocenters. The third-order valence-corrected chi connectivity index (χ3v) is 4.52. The second-order valence-electron chi connectivity index (χ2n) is 6.43. The summed E-state index contributed by atoms with van der Waals surface area (Å²) in [5.74, 6) is 0.648. The normalized spacial score (nSPS) is 23.6. The summed E-state index contributed by atoms with van der Waals surface area (Å²) in [4.78, 5) is 14.4. The summed E-state index contributed by atoms with van der Waals surface area (Å²) in [5.41, 5.74) is 0.0973. The Morgan fingerprint density at radius 3 is 2.81 bits per heavy atom. The molecule has 1 saturated heterocycles. The minimum absolute atomic E-state index is 0.0973. The van der Waals surface area contributed by atoms with E-state index in [0.29, 0.717) is 18.0 Å². The van der Waals surface area contributed by atoms with Crippen LogP contribution in [0.15, 0.2) is 29.2 Å². The number of hydrogen-bond acceptors (Lipinski definition) is 3. The van der Waals surface area contributed by atoms with Crippen LogP contribution in [0.25, 0.3) is 0 Å². The van der Waals surface area contributed by atoms with Gasteiger partial charge in [-0.25, -0.2) is 0 Å². The van der Waals surface area contributed by atoms with Crippen molar-refractivity contribution in [1.29, 1.82) is 0 Å².